The van der Waals surface area contributed by atoms with E-state index < -0.39 is 6.04 Å². The number of benzene rings is 2. The van der Waals surface area contributed by atoms with Crippen LogP contribution in [0.2, 0.25) is 0 Å². The van der Waals surface area contributed by atoms with E-state index >= 15 is 0 Å². The third-order valence-corrected chi connectivity index (χ3v) is 5.05. The zero-order chi connectivity index (χ0) is 23.0. The minimum absolute atomic E-state index is 0.0699. The highest BCUT2D eigenvalue weighted by atomic mass is 16.5. The predicted molar refractivity (Wildman–Crippen MR) is 123 cm³/mol. The molecule has 0 spiro atoms. The number of ether oxygens (including phenoxy) is 2. The number of hydrogen-bond donors (Lipinski definition) is 2. The summed E-state index contributed by atoms with van der Waals surface area (Å²) >= 11 is 0. The van der Waals surface area contributed by atoms with Gasteiger partial charge in [-0.25, -0.2) is 0 Å². The summed E-state index contributed by atoms with van der Waals surface area (Å²) in [7, 11) is 0. The van der Waals surface area contributed by atoms with E-state index in [-0.39, 0.29) is 23.8 Å². The molecular weight excluding hydrogens is 392 g/mol. The van der Waals surface area contributed by atoms with Crippen LogP contribution in [0, 0.1) is 12.8 Å². The number of carbonyl (C=O) groups is 2. The fourth-order valence-electron chi connectivity index (χ4n) is 3.31. The largest absolute Gasteiger partial charge is 0.490 e. The summed E-state index contributed by atoms with van der Waals surface area (Å²) in [5, 5.41) is 5.91. The fraction of sp³-hybridized carbons (Fsp3) is 0.440. The van der Waals surface area contributed by atoms with Gasteiger partial charge in [0.15, 0.2) is 11.5 Å². The minimum Gasteiger partial charge on any atom is -0.490 e. The van der Waals surface area contributed by atoms with Gasteiger partial charge in [0, 0.05) is 5.56 Å². The number of hydrogen-bond acceptors (Lipinski definition) is 4. The molecule has 0 bridgehead atoms. The number of nitrogens with one attached hydrogen (secondary N) is 2. The van der Waals surface area contributed by atoms with Crippen molar-refractivity contribution in [3.63, 3.8) is 0 Å². The Morgan fingerprint density at radius 3 is 2.16 bits per heavy atom. The molecule has 6 heteroatoms. The lowest BCUT2D eigenvalue weighted by Gasteiger charge is -2.25. The van der Waals surface area contributed by atoms with Crippen LogP contribution in [-0.4, -0.2) is 31.1 Å². The van der Waals surface area contributed by atoms with Gasteiger partial charge in [-0.2, -0.15) is 0 Å². The lowest BCUT2D eigenvalue weighted by molar-refractivity contribution is -0.124. The van der Waals surface area contributed by atoms with Crippen molar-refractivity contribution in [3.8, 4) is 11.5 Å². The average molecular weight is 427 g/mol. The van der Waals surface area contributed by atoms with Gasteiger partial charge in [0.2, 0.25) is 5.91 Å². The van der Waals surface area contributed by atoms with E-state index in [1.54, 1.807) is 6.07 Å². The second-order valence-corrected chi connectivity index (χ2v) is 7.81. The van der Waals surface area contributed by atoms with E-state index in [0.717, 1.165) is 11.1 Å². The van der Waals surface area contributed by atoms with Gasteiger partial charge in [-0.3, -0.25) is 9.59 Å². The lowest BCUT2D eigenvalue weighted by atomic mass is 10.0. The molecule has 2 rings (SSSR count). The Balaban J connectivity index is 2.14. The van der Waals surface area contributed by atoms with Crippen LogP contribution in [0.15, 0.2) is 42.5 Å². The quantitative estimate of drug-likeness (QED) is 0.589. The van der Waals surface area contributed by atoms with E-state index in [1.165, 1.54) is 0 Å². The molecule has 0 heterocycles. The van der Waals surface area contributed by atoms with Crippen LogP contribution in [0.4, 0.5) is 0 Å². The summed E-state index contributed by atoms with van der Waals surface area (Å²) in [5.74, 6) is 0.781. The Hall–Kier alpha value is -3.02. The van der Waals surface area contributed by atoms with E-state index in [2.05, 4.69) is 10.6 Å². The summed E-state index contributed by atoms with van der Waals surface area (Å²) in [5.41, 5.74) is 2.34. The first-order valence-electron chi connectivity index (χ1n) is 10.8. The molecule has 6 nitrogen and oxygen atoms in total. The monoisotopic (exact) mass is 426 g/mol. The van der Waals surface area contributed by atoms with Crippen LogP contribution in [0.5, 0.6) is 11.5 Å². The Morgan fingerprint density at radius 2 is 1.55 bits per heavy atom. The van der Waals surface area contributed by atoms with Gasteiger partial charge in [0.05, 0.1) is 19.3 Å². The highest BCUT2D eigenvalue weighted by Crippen LogP contribution is 2.30. The Morgan fingerprint density at radius 1 is 0.903 bits per heavy atom. The molecule has 0 aromatic heterocycles. The van der Waals surface area contributed by atoms with E-state index in [4.69, 9.17) is 9.47 Å². The van der Waals surface area contributed by atoms with Crippen molar-refractivity contribution in [2.75, 3.05) is 13.2 Å². The number of aryl methyl sites for hydroxylation is 1. The van der Waals surface area contributed by atoms with Gasteiger partial charge in [0.25, 0.3) is 5.91 Å². The molecule has 31 heavy (non-hydrogen) atoms. The molecule has 0 saturated heterocycles. The van der Waals surface area contributed by atoms with Gasteiger partial charge in [-0.05, 0) is 62.9 Å². The summed E-state index contributed by atoms with van der Waals surface area (Å²) in [6.45, 7) is 12.5. The zero-order valence-electron chi connectivity index (χ0n) is 19.3. The van der Waals surface area contributed by atoms with Gasteiger partial charge in [0.1, 0.15) is 6.04 Å². The number of carbonyl (C=O) groups excluding carboxylic acids is 2. The van der Waals surface area contributed by atoms with Crippen molar-refractivity contribution >= 4 is 11.8 Å². The van der Waals surface area contributed by atoms with Crippen molar-refractivity contribution < 1.29 is 19.1 Å². The molecule has 2 aromatic carbocycles. The first-order valence-corrected chi connectivity index (χ1v) is 10.8. The molecular formula is C25H34N2O4. The van der Waals surface area contributed by atoms with E-state index in [1.807, 2.05) is 77.9 Å². The molecule has 0 radical (unpaired) electrons. The second kappa shape index (κ2) is 11.4. The molecule has 2 atom stereocenters. The topological polar surface area (TPSA) is 76.7 Å². The molecule has 0 aliphatic heterocycles. The standard InChI is InChI=1S/C25H34N2O4/c1-7-30-21-14-13-19(15-22(21)31-8-2)18(6)26-25(29)23(16(3)4)27-24(28)20-12-10-9-11-17(20)5/h9-16,18,23H,7-8H2,1-6H3,(H,26,29)(H,27,28)/t18-,23-/m0/s1. The Bertz CT molecular complexity index is 895. The molecule has 0 unspecified atom stereocenters. The molecule has 2 aromatic rings. The minimum atomic E-state index is -0.649. The number of rotatable bonds is 10. The van der Waals surface area contributed by atoms with Gasteiger partial charge >= 0.3 is 0 Å². The zero-order valence-corrected chi connectivity index (χ0v) is 19.3. The molecule has 168 valence electrons. The van der Waals surface area contributed by atoms with Crippen LogP contribution in [0.25, 0.3) is 0 Å². The van der Waals surface area contributed by atoms with Crippen LogP contribution in [-0.2, 0) is 4.79 Å². The third kappa shape index (κ3) is 6.48. The van der Waals surface area contributed by atoms with Crippen LogP contribution >= 0.6 is 0 Å². The summed E-state index contributed by atoms with van der Waals surface area (Å²) in [6.07, 6.45) is 0. The summed E-state index contributed by atoms with van der Waals surface area (Å²) < 4.78 is 11.3. The normalized spacial score (nSPS) is 12.7. The highest BCUT2D eigenvalue weighted by molar-refractivity contribution is 5.98. The van der Waals surface area contributed by atoms with Crippen LogP contribution < -0.4 is 20.1 Å². The van der Waals surface area contributed by atoms with Gasteiger partial charge in [-0.15, -0.1) is 0 Å². The maximum absolute atomic E-state index is 13.0. The fourth-order valence-corrected chi connectivity index (χ4v) is 3.31. The van der Waals surface area contributed by atoms with Gasteiger partial charge in [-0.1, -0.05) is 38.1 Å². The third-order valence-electron chi connectivity index (χ3n) is 5.05. The van der Waals surface area contributed by atoms with Crippen molar-refractivity contribution in [2.24, 2.45) is 5.92 Å². The maximum Gasteiger partial charge on any atom is 0.252 e. The predicted octanol–water partition coefficient (Wildman–Crippen LogP) is 4.42. The molecule has 2 amide bonds. The smallest absolute Gasteiger partial charge is 0.252 e. The molecule has 0 saturated carbocycles. The number of amides is 2. The van der Waals surface area contributed by atoms with Crippen molar-refractivity contribution in [3.05, 3.63) is 59.2 Å². The lowest BCUT2D eigenvalue weighted by Crippen LogP contribution is -2.50. The van der Waals surface area contributed by atoms with E-state index in [0.29, 0.717) is 30.3 Å². The summed E-state index contributed by atoms with van der Waals surface area (Å²) in [6, 6.07) is 12.1. The average Bonchev–Trinajstić information content (AvgIpc) is 2.73. The molecule has 0 aliphatic carbocycles. The maximum atomic E-state index is 13.0. The highest BCUT2D eigenvalue weighted by Gasteiger charge is 2.26. The van der Waals surface area contributed by atoms with Crippen molar-refractivity contribution in [2.45, 2.75) is 53.6 Å². The van der Waals surface area contributed by atoms with Crippen molar-refractivity contribution in [1.29, 1.82) is 0 Å². The first kappa shape index (κ1) is 24.3. The van der Waals surface area contributed by atoms with E-state index in [9.17, 15) is 9.59 Å². The SMILES string of the molecule is CCOc1ccc([C@H](C)NC(=O)[C@@H](NC(=O)c2ccccc2C)C(C)C)cc1OCC. The van der Waals surface area contributed by atoms with Gasteiger partial charge < -0.3 is 20.1 Å². The van der Waals surface area contributed by atoms with Crippen LogP contribution in [0.1, 0.15) is 62.1 Å². The molecule has 0 fully saturated rings. The molecule has 2 N–H and O–H groups in total. The second-order valence-electron chi connectivity index (χ2n) is 7.81. The molecule has 0 aliphatic rings. The Kier molecular flexibility index (Phi) is 8.91. The first-order chi connectivity index (χ1) is 14.8. The summed E-state index contributed by atoms with van der Waals surface area (Å²) in [4.78, 5) is 25.8. The Labute approximate surface area is 185 Å². The van der Waals surface area contributed by atoms with Crippen LogP contribution in [0.3, 0.4) is 0 Å². The van der Waals surface area contributed by atoms with Crippen molar-refractivity contribution in [1.82, 2.24) is 10.6 Å².